The molecule has 41 heavy (non-hydrogen) atoms. The number of amides is 6. The first-order valence-corrected chi connectivity index (χ1v) is 11.8. The molecule has 4 heterocycles. The third kappa shape index (κ3) is 7.16. The topological polar surface area (TPSA) is 133 Å². The van der Waals surface area contributed by atoms with Crippen LogP contribution in [0.3, 0.4) is 0 Å². The number of piperidine rings is 2. The predicted molar refractivity (Wildman–Crippen MR) is 140 cm³/mol. The van der Waals surface area contributed by atoms with Crippen molar-refractivity contribution in [2.45, 2.75) is 44.3 Å². The van der Waals surface area contributed by atoms with Crippen LogP contribution < -0.4 is 10.6 Å². The second kappa shape index (κ2) is 15.2. The van der Waals surface area contributed by atoms with E-state index in [0.717, 1.165) is 22.6 Å². The minimum Gasteiger partial charge on any atom is -0.358 e. The molecule has 0 spiro atoms. The Labute approximate surface area is 289 Å². The first-order chi connectivity index (χ1) is 17.8. The van der Waals surface area contributed by atoms with Crippen molar-refractivity contribution in [3.63, 3.8) is 0 Å². The maximum absolute atomic E-state index is 12.2. The average molecular weight is 706 g/mol. The number of nitrogens with zero attached hydrogens (tertiary/aromatic N) is 2. The van der Waals surface area contributed by atoms with Gasteiger partial charge in [0.2, 0.25) is 23.6 Å². The van der Waals surface area contributed by atoms with Crippen LogP contribution in [0.15, 0.2) is 48.7 Å². The molecule has 0 aromatic heterocycles. The number of nitrogens with one attached hydrogen (secondary N) is 2. The number of rotatable bonds is 2. The molecular weight excluding hydrogens is 678 g/mol. The number of carbonyl (C=O) groups excluding carboxylic acids is 6. The Morgan fingerprint density at radius 3 is 1.98 bits per heavy atom. The largest absolute Gasteiger partial charge is 0.358 e. The fourth-order valence-corrected chi connectivity index (χ4v) is 4.86. The summed E-state index contributed by atoms with van der Waals surface area (Å²) in [5.41, 5.74) is 2.69. The van der Waals surface area contributed by atoms with E-state index >= 15 is 0 Å². The Bertz CT molecular complexity index is 1360. The molecule has 0 aliphatic carbocycles. The minimum atomic E-state index is -0.918. The number of hydrogen-bond donors (Lipinski definition) is 2. The first kappa shape index (κ1) is 36.6. The van der Waals surface area contributed by atoms with Gasteiger partial charge in [0.05, 0.1) is 0 Å². The summed E-state index contributed by atoms with van der Waals surface area (Å²) in [6.45, 7) is 4.21. The number of allylic oxidation sites excluding steroid dienone is 1. The van der Waals surface area contributed by atoms with Crippen molar-refractivity contribution < 1.29 is 94.2 Å². The van der Waals surface area contributed by atoms with Crippen molar-refractivity contribution in [2.75, 3.05) is 0 Å². The number of benzene rings is 2. The molecule has 2 fully saturated rings. The number of hydrogen-bond acceptors (Lipinski definition) is 6. The van der Waals surface area contributed by atoms with Crippen molar-refractivity contribution in [3.05, 3.63) is 97.9 Å². The van der Waals surface area contributed by atoms with Gasteiger partial charge in [0, 0.05) is 84.1 Å². The zero-order valence-corrected chi connectivity index (χ0v) is 28.5. The van der Waals surface area contributed by atoms with Crippen LogP contribution in [0.4, 0.5) is 0 Å². The Morgan fingerprint density at radius 2 is 1.37 bits per heavy atom. The third-order valence-electron chi connectivity index (χ3n) is 6.72. The molecular formula is C29H28N4O6Y2-4. The van der Waals surface area contributed by atoms with E-state index in [1.807, 2.05) is 0 Å². The maximum Gasteiger partial charge on any atom is 0.249 e. The van der Waals surface area contributed by atoms with Crippen molar-refractivity contribution >= 4 is 35.4 Å². The quantitative estimate of drug-likeness (QED) is 0.363. The molecule has 0 bridgehead atoms. The summed E-state index contributed by atoms with van der Waals surface area (Å²) in [5.74, 6) is -2.24. The van der Waals surface area contributed by atoms with Gasteiger partial charge < -0.3 is 34.8 Å². The zero-order chi connectivity index (χ0) is 26.3. The normalized spacial score (nSPS) is 20.5. The summed E-state index contributed by atoms with van der Waals surface area (Å²) in [6, 6.07) is 14.5. The van der Waals surface area contributed by atoms with E-state index in [1.165, 1.54) is 12.1 Å². The molecule has 2 atom stereocenters. The molecule has 210 valence electrons. The van der Waals surface area contributed by atoms with E-state index in [-0.39, 0.29) is 128 Å². The van der Waals surface area contributed by atoms with Crippen LogP contribution in [-0.2, 0) is 86.3 Å². The van der Waals surface area contributed by atoms with Gasteiger partial charge in [-0.2, -0.15) is 24.3 Å². The van der Waals surface area contributed by atoms with Crippen LogP contribution in [0, 0.1) is 27.0 Å². The van der Waals surface area contributed by atoms with Gasteiger partial charge >= 0.3 is 0 Å². The van der Waals surface area contributed by atoms with Gasteiger partial charge in [0.15, 0.2) is 11.8 Å². The van der Waals surface area contributed by atoms with E-state index in [9.17, 15) is 28.8 Å². The van der Waals surface area contributed by atoms with Gasteiger partial charge in [-0.1, -0.05) is 17.7 Å². The summed E-state index contributed by atoms with van der Waals surface area (Å²) in [7, 11) is 0. The number of fused-ring (bicyclic) bond motifs is 2. The summed E-state index contributed by atoms with van der Waals surface area (Å²) < 4.78 is 0. The van der Waals surface area contributed by atoms with Gasteiger partial charge in [0.25, 0.3) is 0 Å². The van der Waals surface area contributed by atoms with Gasteiger partial charge in [-0.25, -0.2) is 0 Å². The molecule has 12 heteroatoms. The molecule has 4 aliphatic heterocycles. The summed E-state index contributed by atoms with van der Waals surface area (Å²) in [6.07, 6.45) is 1.65. The van der Waals surface area contributed by atoms with Gasteiger partial charge in [-0.3, -0.25) is 29.3 Å². The van der Waals surface area contributed by atoms with E-state index < -0.39 is 23.8 Å². The van der Waals surface area contributed by atoms with Crippen molar-refractivity contribution in [3.8, 4) is 0 Å². The second-order valence-electron chi connectivity index (χ2n) is 9.05. The smallest absolute Gasteiger partial charge is 0.249 e. The fraction of sp³-hybridized carbons (Fsp3) is 0.241. The van der Waals surface area contributed by atoms with Crippen LogP contribution in [0.1, 0.15) is 62.3 Å². The first-order valence-electron chi connectivity index (χ1n) is 11.8. The fourth-order valence-electron chi connectivity index (χ4n) is 4.86. The van der Waals surface area contributed by atoms with Gasteiger partial charge in [0.1, 0.15) is 12.1 Å². The summed E-state index contributed by atoms with van der Waals surface area (Å²) in [4.78, 5) is 73.8. The average Bonchev–Trinajstić information content (AvgIpc) is 3.34. The monoisotopic (exact) mass is 706 g/mol. The number of carbonyl (C=O) groups is 6. The SMILES string of the molecule is C=C1CCC(N2Cc3[c-]cccc3C2=O)C(=O)N1.O=C1CCC(N2C(=O)c3[c-]cccc3C2=O)C(=O)N1.[CH3-].[CH3-].[Y].[Y]. The molecule has 6 amide bonds. The van der Waals surface area contributed by atoms with Crippen LogP contribution in [0.25, 0.3) is 0 Å². The molecule has 2 N–H and O–H groups in total. The standard InChI is InChI=1S/C14H13N2O2.C13H9N2O4.2CH3.2Y/c1-9-6-7-12(13(17)15-9)16-8-10-4-2-3-5-11(10)14(16)18;16-10-6-5-9(11(17)14-10)15-12(18)7-3-1-2-4-8(7)13(15)19;;;;/h2-3,5,12H,1,6-8H2,(H,15,17);1-3,9H,5-6H2,(H,14,16,17);2*1H3;;/q4*-1;;. The van der Waals surface area contributed by atoms with Crippen molar-refractivity contribution in [1.82, 2.24) is 20.4 Å². The Hall–Kier alpha value is -2.39. The predicted octanol–water partition coefficient (Wildman–Crippen LogP) is 2.02. The van der Waals surface area contributed by atoms with E-state index in [4.69, 9.17) is 0 Å². The van der Waals surface area contributed by atoms with Crippen LogP contribution in [-0.4, -0.2) is 57.3 Å². The van der Waals surface area contributed by atoms with Crippen molar-refractivity contribution in [2.24, 2.45) is 0 Å². The zero-order valence-electron chi connectivity index (χ0n) is 22.9. The van der Waals surface area contributed by atoms with Crippen LogP contribution in [0.5, 0.6) is 0 Å². The molecule has 0 saturated carbocycles. The van der Waals surface area contributed by atoms with Gasteiger partial charge in [-0.15, -0.1) is 29.8 Å². The molecule has 4 aliphatic rings. The molecule has 2 unspecified atom stereocenters. The Balaban J connectivity index is 0.000000374. The second-order valence-corrected chi connectivity index (χ2v) is 9.05. The Kier molecular flexibility index (Phi) is 13.6. The van der Waals surface area contributed by atoms with Crippen LogP contribution in [0.2, 0.25) is 0 Å². The third-order valence-corrected chi connectivity index (χ3v) is 6.72. The van der Waals surface area contributed by atoms with Gasteiger partial charge in [-0.05, 0) is 24.8 Å². The van der Waals surface area contributed by atoms with Crippen molar-refractivity contribution in [1.29, 1.82) is 0 Å². The molecule has 10 nitrogen and oxygen atoms in total. The maximum atomic E-state index is 12.2. The molecule has 2 aromatic rings. The minimum absolute atomic E-state index is 0. The summed E-state index contributed by atoms with van der Waals surface area (Å²) >= 11 is 0. The number of imide groups is 2. The molecule has 6 rings (SSSR count). The van der Waals surface area contributed by atoms with Crippen LogP contribution >= 0.6 is 0 Å². The van der Waals surface area contributed by atoms with E-state index in [2.05, 4.69) is 29.3 Å². The van der Waals surface area contributed by atoms with E-state index in [0.29, 0.717) is 18.5 Å². The summed E-state index contributed by atoms with van der Waals surface area (Å²) in [5, 5.41) is 4.86. The molecule has 2 aromatic carbocycles. The Morgan fingerprint density at radius 1 is 0.756 bits per heavy atom. The molecule has 2 saturated heterocycles. The van der Waals surface area contributed by atoms with E-state index in [1.54, 1.807) is 29.2 Å². The molecule has 2 radical (unpaired) electrons.